The number of benzene rings is 1. The van der Waals surface area contributed by atoms with Gasteiger partial charge in [0.05, 0.1) is 5.56 Å². The zero-order valence-corrected chi connectivity index (χ0v) is 16.5. The number of carbonyl (C=O) groups is 1. The minimum Gasteiger partial charge on any atom is -0.440 e. The second kappa shape index (κ2) is 8.19. The van der Waals surface area contributed by atoms with Crippen LogP contribution in [-0.4, -0.2) is 44.6 Å². The predicted octanol–water partition coefficient (Wildman–Crippen LogP) is 3.10. The molecule has 1 aromatic carbocycles. The van der Waals surface area contributed by atoms with E-state index in [1.165, 1.54) is 18.2 Å². The number of amides is 1. The minimum absolute atomic E-state index is 0.0724. The lowest BCUT2D eigenvalue weighted by molar-refractivity contribution is -0.137. The lowest BCUT2D eigenvalue weighted by Crippen LogP contribution is -2.44. The van der Waals surface area contributed by atoms with E-state index in [0.29, 0.717) is 38.0 Å². The standard InChI is InChI=1S/C19H21F3N2O4S/c1-29(26,27)17-6-5-16(28-17)18(25)23-15-7-9-24(10-8-15)12-13-3-2-4-14(11-13)19(20,21)22/h2-6,11,15H,7-10,12H2,1H3,(H,23,25). The number of nitrogens with one attached hydrogen (secondary N) is 1. The van der Waals surface area contributed by atoms with Gasteiger partial charge in [-0.1, -0.05) is 18.2 Å². The Hall–Kier alpha value is -2.33. The molecule has 0 radical (unpaired) electrons. The summed E-state index contributed by atoms with van der Waals surface area (Å²) in [5.41, 5.74) is -0.0738. The van der Waals surface area contributed by atoms with Crippen LogP contribution in [-0.2, 0) is 22.6 Å². The van der Waals surface area contributed by atoms with Gasteiger partial charge in [-0.25, -0.2) is 8.42 Å². The number of nitrogens with zero attached hydrogens (tertiary/aromatic N) is 1. The van der Waals surface area contributed by atoms with Crippen LogP contribution in [0.15, 0.2) is 45.9 Å². The molecule has 1 aliphatic rings. The first kappa shape index (κ1) is 21.4. The highest BCUT2D eigenvalue weighted by atomic mass is 32.2. The molecule has 2 aromatic rings. The van der Waals surface area contributed by atoms with Gasteiger partial charge in [-0.05, 0) is 36.6 Å². The summed E-state index contributed by atoms with van der Waals surface area (Å²) in [6.07, 6.45) is -2.11. The number of alkyl halides is 3. The molecule has 0 atom stereocenters. The molecule has 1 saturated heterocycles. The molecule has 1 fully saturated rings. The molecule has 1 aromatic heterocycles. The van der Waals surface area contributed by atoms with Gasteiger partial charge in [-0.2, -0.15) is 13.2 Å². The van der Waals surface area contributed by atoms with Crippen molar-refractivity contribution in [3.63, 3.8) is 0 Å². The van der Waals surface area contributed by atoms with Gasteiger partial charge in [0.2, 0.25) is 14.9 Å². The lowest BCUT2D eigenvalue weighted by Gasteiger charge is -2.32. The van der Waals surface area contributed by atoms with Gasteiger partial charge in [-0.3, -0.25) is 9.69 Å². The second-order valence-electron chi connectivity index (χ2n) is 7.11. The zero-order chi connectivity index (χ0) is 21.2. The molecule has 0 aliphatic carbocycles. The molecule has 6 nitrogen and oxygen atoms in total. The van der Waals surface area contributed by atoms with Crippen molar-refractivity contribution < 1.29 is 30.8 Å². The maximum absolute atomic E-state index is 12.8. The van der Waals surface area contributed by atoms with Crippen molar-refractivity contribution in [1.82, 2.24) is 10.2 Å². The average Bonchev–Trinajstić information content (AvgIpc) is 3.14. The Morgan fingerprint density at radius 3 is 2.48 bits per heavy atom. The third-order valence-corrected chi connectivity index (χ3v) is 5.70. The average molecular weight is 430 g/mol. The third kappa shape index (κ3) is 5.60. The van der Waals surface area contributed by atoms with Crippen LogP contribution >= 0.6 is 0 Å². The number of hydrogen-bond donors (Lipinski definition) is 1. The number of likely N-dealkylation sites (tertiary alicyclic amines) is 1. The number of piperidine rings is 1. The number of hydrogen-bond acceptors (Lipinski definition) is 5. The highest BCUT2D eigenvalue weighted by Gasteiger charge is 2.30. The Labute approximate surface area is 166 Å². The molecule has 1 N–H and O–H groups in total. The number of rotatable bonds is 5. The number of sulfone groups is 1. The van der Waals surface area contributed by atoms with Crippen molar-refractivity contribution in [2.24, 2.45) is 0 Å². The molecule has 10 heteroatoms. The van der Waals surface area contributed by atoms with Crippen LogP contribution in [0.1, 0.15) is 34.5 Å². The van der Waals surface area contributed by atoms with Gasteiger partial charge in [0.15, 0.2) is 5.76 Å². The molecule has 1 aliphatic heterocycles. The van der Waals surface area contributed by atoms with E-state index in [2.05, 4.69) is 5.32 Å². The summed E-state index contributed by atoms with van der Waals surface area (Å²) < 4.78 is 66.4. The predicted molar refractivity (Wildman–Crippen MR) is 99.0 cm³/mol. The van der Waals surface area contributed by atoms with E-state index in [1.807, 2.05) is 4.90 Å². The molecule has 1 amide bonds. The van der Waals surface area contributed by atoms with Gasteiger partial charge in [0.1, 0.15) is 0 Å². The minimum atomic E-state index is -4.36. The van der Waals surface area contributed by atoms with Gasteiger partial charge < -0.3 is 9.73 Å². The Morgan fingerprint density at radius 2 is 1.90 bits per heavy atom. The molecule has 158 valence electrons. The smallest absolute Gasteiger partial charge is 0.416 e. The third-order valence-electron chi connectivity index (χ3n) is 4.75. The molecule has 0 spiro atoms. The summed E-state index contributed by atoms with van der Waals surface area (Å²) in [5.74, 6) is -0.562. The number of halogens is 3. The van der Waals surface area contributed by atoms with Crippen molar-refractivity contribution >= 4 is 15.7 Å². The van der Waals surface area contributed by atoms with E-state index >= 15 is 0 Å². The highest BCUT2D eigenvalue weighted by molar-refractivity contribution is 7.90. The molecule has 0 unspecified atom stereocenters. The van der Waals surface area contributed by atoms with E-state index in [4.69, 9.17) is 4.42 Å². The van der Waals surface area contributed by atoms with Crippen LogP contribution < -0.4 is 5.32 Å². The van der Waals surface area contributed by atoms with E-state index in [1.54, 1.807) is 6.07 Å². The Bertz CT molecular complexity index is 977. The van der Waals surface area contributed by atoms with Gasteiger partial charge in [0, 0.05) is 31.9 Å². The van der Waals surface area contributed by atoms with Gasteiger partial charge in [-0.15, -0.1) is 0 Å². The molecule has 2 heterocycles. The first-order valence-corrected chi connectivity index (χ1v) is 10.9. The van der Waals surface area contributed by atoms with Crippen LogP contribution in [0, 0.1) is 0 Å². The summed E-state index contributed by atoms with van der Waals surface area (Å²) in [5, 5.41) is 2.55. The summed E-state index contributed by atoms with van der Waals surface area (Å²) >= 11 is 0. The van der Waals surface area contributed by atoms with Crippen LogP contribution in [0.3, 0.4) is 0 Å². The lowest BCUT2D eigenvalue weighted by atomic mass is 10.0. The van der Waals surface area contributed by atoms with Crippen molar-refractivity contribution in [2.75, 3.05) is 19.3 Å². The normalized spacial score (nSPS) is 16.7. The molecule has 29 heavy (non-hydrogen) atoms. The van der Waals surface area contributed by atoms with Crippen molar-refractivity contribution in [3.05, 3.63) is 53.3 Å². The van der Waals surface area contributed by atoms with Crippen molar-refractivity contribution in [3.8, 4) is 0 Å². The fourth-order valence-corrected chi connectivity index (χ4v) is 3.79. The van der Waals surface area contributed by atoms with E-state index in [0.717, 1.165) is 18.4 Å². The second-order valence-corrected chi connectivity index (χ2v) is 9.06. The monoisotopic (exact) mass is 430 g/mol. The fraction of sp³-hybridized carbons (Fsp3) is 0.421. The number of carbonyl (C=O) groups excluding carboxylic acids is 1. The molecular weight excluding hydrogens is 409 g/mol. The largest absolute Gasteiger partial charge is 0.440 e. The van der Waals surface area contributed by atoms with Gasteiger partial charge in [0.25, 0.3) is 5.91 Å². The maximum Gasteiger partial charge on any atom is 0.416 e. The quantitative estimate of drug-likeness (QED) is 0.789. The number of furan rings is 1. The highest BCUT2D eigenvalue weighted by Crippen LogP contribution is 2.30. The van der Waals surface area contributed by atoms with E-state index in [-0.39, 0.29) is 16.9 Å². The molecule has 3 rings (SSSR count). The first-order chi connectivity index (χ1) is 13.5. The molecular formula is C19H21F3N2O4S. The summed E-state index contributed by atoms with van der Waals surface area (Å²) in [6, 6.07) is 7.71. The summed E-state index contributed by atoms with van der Waals surface area (Å²) in [4.78, 5) is 14.3. The molecule has 0 saturated carbocycles. The zero-order valence-electron chi connectivity index (χ0n) is 15.7. The maximum atomic E-state index is 12.8. The Kier molecular flexibility index (Phi) is 6.04. The SMILES string of the molecule is CS(=O)(=O)c1ccc(C(=O)NC2CCN(Cc3cccc(C(F)(F)F)c3)CC2)o1. The van der Waals surface area contributed by atoms with Crippen LogP contribution in [0.25, 0.3) is 0 Å². The molecule has 0 bridgehead atoms. The Balaban J connectivity index is 1.52. The van der Waals surface area contributed by atoms with Crippen molar-refractivity contribution in [1.29, 1.82) is 0 Å². The Morgan fingerprint density at radius 1 is 1.21 bits per heavy atom. The van der Waals surface area contributed by atoms with E-state index < -0.39 is 27.5 Å². The van der Waals surface area contributed by atoms with Crippen LogP contribution in [0.4, 0.5) is 13.2 Å². The fourth-order valence-electron chi connectivity index (χ4n) is 3.24. The van der Waals surface area contributed by atoms with Crippen LogP contribution in [0.5, 0.6) is 0 Å². The summed E-state index contributed by atoms with van der Waals surface area (Å²) in [6.45, 7) is 1.64. The summed E-state index contributed by atoms with van der Waals surface area (Å²) in [7, 11) is -3.52. The van der Waals surface area contributed by atoms with Gasteiger partial charge >= 0.3 is 6.18 Å². The van der Waals surface area contributed by atoms with Crippen molar-refractivity contribution in [2.45, 2.75) is 36.7 Å². The topological polar surface area (TPSA) is 79.6 Å². The van der Waals surface area contributed by atoms with E-state index in [9.17, 15) is 26.4 Å². The first-order valence-electron chi connectivity index (χ1n) is 9.01. The van der Waals surface area contributed by atoms with Crippen LogP contribution in [0.2, 0.25) is 0 Å².